The summed E-state index contributed by atoms with van der Waals surface area (Å²) < 4.78 is 26.6. The van der Waals surface area contributed by atoms with E-state index in [1.165, 1.54) is 12.1 Å². The van der Waals surface area contributed by atoms with Crippen LogP contribution in [0.5, 0.6) is 0 Å². The fourth-order valence-electron chi connectivity index (χ4n) is 2.33. The minimum Gasteiger partial charge on any atom is -0.274 e. The monoisotopic (exact) mass is 342 g/mol. The maximum atomic E-state index is 12.8. The minimum atomic E-state index is -3.88. The molecule has 0 saturated heterocycles. The highest BCUT2D eigenvalue weighted by molar-refractivity contribution is 7.90. The van der Waals surface area contributed by atoms with Crippen LogP contribution in [0.4, 0.5) is 0 Å². The number of nitrogens with zero attached hydrogens (tertiary/aromatic N) is 3. The number of hydrogen-bond donors (Lipinski definition) is 1. The summed E-state index contributed by atoms with van der Waals surface area (Å²) in [7, 11) is -3.88. The highest BCUT2D eigenvalue weighted by atomic mass is 32.2. The molecule has 0 unspecified atom stereocenters. The Hall–Kier alpha value is -2.58. The van der Waals surface area contributed by atoms with E-state index in [2.05, 4.69) is 9.97 Å². The summed E-state index contributed by atoms with van der Waals surface area (Å²) in [5, 5.41) is 8.06. The molecule has 0 aliphatic heterocycles. The summed E-state index contributed by atoms with van der Waals surface area (Å²) in [4.78, 5) is 9.24. The molecular weight excluding hydrogens is 332 g/mol. The van der Waals surface area contributed by atoms with Crippen molar-refractivity contribution in [1.29, 1.82) is 5.41 Å². The molecule has 0 spiro atoms. The van der Waals surface area contributed by atoms with Gasteiger partial charge in [0.05, 0.1) is 15.9 Å². The molecule has 6 nitrogen and oxygen atoms in total. The van der Waals surface area contributed by atoms with Crippen molar-refractivity contribution < 1.29 is 8.42 Å². The van der Waals surface area contributed by atoms with Crippen LogP contribution in [0.2, 0.25) is 0 Å². The van der Waals surface area contributed by atoms with Gasteiger partial charge >= 0.3 is 0 Å². The smallest absolute Gasteiger partial charge is 0.271 e. The Morgan fingerprint density at radius 3 is 2.22 bits per heavy atom. The Labute approximate surface area is 135 Å². The molecule has 8 heteroatoms. The van der Waals surface area contributed by atoms with Gasteiger partial charge in [-0.15, -0.1) is 0 Å². The highest BCUT2D eigenvalue weighted by Crippen LogP contribution is 2.22. The molecule has 1 N–H and O–H groups in total. The molecule has 2 heterocycles. The summed E-state index contributed by atoms with van der Waals surface area (Å²) in [6, 6.07) is 15.3. The van der Waals surface area contributed by atoms with Gasteiger partial charge < -0.3 is 0 Å². The number of rotatable bonds is 2. The first kappa shape index (κ1) is 14.0. The number of hydrogen-bond acceptors (Lipinski definition) is 6. The van der Waals surface area contributed by atoms with Crippen LogP contribution in [-0.2, 0) is 10.0 Å². The molecule has 114 valence electrons. The third-order valence-electron chi connectivity index (χ3n) is 3.37. The van der Waals surface area contributed by atoms with Gasteiger partial charge in [0, 0.05) is 0 Å². The summed E-state index contributed by atoms with van der Waals surface area (Å²) in [5.74, 6) is 0. The Balaban J connectivity index is 2.10. The third-order valence-corrected chi connectivity index (χ3v) is 6.04. The fourth-order valence-corrected chi connectivity index (χ4v) is 4.80. The number of fused-ring (bicyclic) bond motifs is 2. The van der Waals surface area contributed by atoms with Gasteiger partial charge in [0.25, 0.3) is 10.0 Å². The van der Waals surface area contributed by atoms with E-state index >= 15 is 0 Å². The summed E-state index contributed by atoms with van der Waals surface area (Å²) in [6.45, 7) is 0. The summed E-state index contributed by atoms with van der Waals surface area (Å²) in [5.41, 5.74) is 1.45. The minimum absolute atomic E-state index is 0.119. The predicted octanol–water partition coefficient (Wildman–Crippen LogP) is 2.36. The van der Waals surface area contributed by atoms with E-state index in [1.54, 1.807) is 30.3 Å². The first-order chi connectivity index (χ1) is 11.1. The van der Waals surface area contributed by atoms with E-state index in [4.69, 9.17) is 5.41 Å². The molecule has 0 amide bonds. The standard InChI is InChI=1S/C15H10N4O2S2/c16-15-19(23(20,21)10-6-2-1-3-7-10)13-14(22-15)18-12-9-5-4-8-11(12)17-13/h1-9,16H. The van der Waals surface area contributed by atoms with Gasteiger partial charge in [-0.3, -0.25) is 5.41 Å². The van der Waals surface area contributed by atoms with E-state index in [-0.39, 0.29) is 15.3 Å². The highest BCUT2D eigenvalue weighted by Gasteiger charge is 2.23. The first-order valence-corrected chi connectivity index (χ1v) is 8.96. The average Bonchev–Trinajstić information content (AvgIpc) is 2.88. The zero-order valence-electron chi connectivity index (χ0n) is 11.7. The van der Waals surface area contributed by atoms with Crippen molar-refractivity contribution in [2.75, 3.05) is 0 Å². The molecule has 0 bridgehead atoms. The quantitative estimate of drug-likeness (QED) is 0.606. The number of thiazole rings is 1. The zero-order chi connectivity index (χ0) is 16.0. The van der Waals surface area contributed by atoms with Crippen LogP contribution in [0.15, 0.2) is 59.5 Å². The fraction of sp³-hybridized carbons (Fsp3) is 0. The van der Waals surface area contributed by atoms with Crippen molar-refractivity contribution in [2.24, 2.45) is 0 Å². The van der Waals surface area contributed by atoms with Crippen LogP contribution < -0.4 is 4.80 Å². The first-order valence-electron chi connectivity index (χ1n) is 6.71. The molecule has 0 saturated carbocycles. The molecular formula is C15H10N4O2S2. The van der Waals surface area contributed by atoms with Crippen LogP contribution >= 0.6 is 11.3 Å². The molecule has 0 fully saturated rings. The van der Waals surface area contributed by atoms with Gasteiger partial charge in [-0.05, 0) is 24.3 Å². The Morgan fingerprint density at radius 1 is 0.913 bits per heavy atom. The van der Waals surface area contributed by atoms with Crippen LogP contribution in [-0.4, -0.2) is 22.4 Å². The van der Waals surface area contributed by atoms with Crippen LogP contribution in [0.3, 0.4) is 0 Å². The number of benzene rings is 2. The van der Waals surface area contributed by atoms with Gasteiger partial charge in [-0.25, -0.2) is 18.4 Å². The lowest BCUT2D eigenvalue weighted by molar-refractivity contribution is 0.587. The molecule has 2 aromatic heterocycles. The van der Waals surface area contributed by atoms with Gasteiger partial charge in [0.15, 0.2) is 15.3 Å². The lowest BCUT2D eigenvalue weighted by Crippen LogP contribution is -2.23. The molecule has 0 aliphatic carbocycles. The Morgan fingerprint density at radius 2 is 1.52 bits per heavy atom. The summed E-state index contributed by atoms with van der Waals surface area (Å²) in [6.07, 6.45) is 0. The molecule has 0 atom stereocenters. The van der Waals surface area contributed by atoms with E-state index < -0.39 is 10.0 Å². The molecule has 0 aliphatic rings. The second-order valence-corrected chi connectivity index (χ2v) is 7.59. The SMILES string of the molecule is N=c1sc2nc3ccccc3nc2n1S(=O)(=O)c1ccccc1. The van der Waals surface area contributed by atoms with Crippen molar-refractivity contribution in [1.82, 2.24) is 13.9 Å². The predicted molar refractivity (Wildman–Crippen MR) is 87.8 cm³/mol. The zero-order valence-corrected chi connectivity index (χ0v) is 13.3. The van der Waals surface area contributed by atoms with Crippen molar-refractivity contribution in [3.8, 4) is 0 Å². The Kier molecular flexibility index (Phi) is 3.03. The molecule has 23 heavy (non-hydrogen) atoms. The normalized spacial score (nSPS) is 12.0. The van der Waals surface area contributed by atoms with Crippen molar-refractivity contribution in [3.63, 3.8) is 0 Å². The topological polar surface area (TPSA) is 88.7 Å². The van der Waals surface area contributed by atoms with Crippen LogP contribution in [0, 0.1) is 5.41 Å². The number of para-hydroxylation sites is 2. The lowest BCUT2D eigenvalue weighted by Gasteiger charge is -2.06. The number of aromatic nitrogens is 3. The van der Waals surface area contributed by atoms with Gasteiger partial charge in [-0.1, -0.05) is 41.7 Å². The van der Waals surface area contributed by atoms with E-state index in [1.807, 2.05) is 12.1 Å². The van der Waals surface area contributed by atoms with Crippen LogP contribution in [0.25, 0.3) is 21.5 Å². The molecule has 0 radical (unpaired) electrons. The van der Waals surface area contributed by atoms with E-state index in [0.29, 0.717) is 15.9 Å². The largest absolute Gasteiger partial charge is 0.274 e. The van der Waals surface area contributed by atoms with Gasteiger partial charge in [0.1, 0.15) is 0 Å². The van der Waals surface area contributed by atoms with Crippen molar-refractivity contribution in [3.05, 3.63) is 59.4 Å². The average molecular weight is 342 g/mol. The summed E-state index contributed by atoms with van der Waals surface area (Å²) >= 11 is 0.992. The van der Waals surface area contributed by atoms with Crippen molar-refractivity contribution >= 4 is 42.9 Å². The molecule has 4 aromatic rings. The molecule has 4 rings (SSSR count). The van der Waals surface area contributed by atoms with Crippen molar-refractivity contribution in [2.45, 2.75) is 4.90 Å². The Bertz CT molecular complexity index is 1190. The third kappa shape index (κ3) is 2.14. The maximum Gasteiger partial charge on any atom is 0.271 e. The number of nitrogens with one attached hydrogen (secondary N) is 1. The van der Waals surface area contributed by atoms with Gasteiger partial charge in [-0.2, -0.15) is 3.97 Å². The maximum absolute atomic E-state index is 12.8. The van der Waals surface area contributed by atoms with Gasteiger partial charge in [0.2, 0.25) is 0 Å². The lowest BCUT2D eigenvalue weighted by atomic mass is 10.3. The second-order valence-electron chi connectivity index (χ2n) is 4.83. The second kappa shape index (κ2) is 4.97. The van der Waals surface area contributed by atoms with E-state index in [9.17, 15) is 8.42 Å². The molecule has 2 aromatic carbocycles. The van der Waals surface area contributed by atoms with Crippen LogP contribution in [0.1, 0.15) is 0 Å². The van der Waals surface area contributed by atoms with E-state index in [0.717, 1.165) is 15.3 Å².